The van der Waals surface area contributed by atoms with Crippen LogP contribution in [-0.4, -0.2) is 30.1 Å². The fraction of sp³-hybridized carbons (Fsp3) is 0.467. The van der Waals surface area contributed by atoms with Gasteiger partial charge in [-0.3, -0.25) is 9.59 Å². The van der Waals surface area contributed by atoms with Gasteiger partial charge in [-0.15, -0.1) is 0 Å². The molecule has 0 aliphatic heterocycles. The van der Waals surface area contributed by atoms with Gasteiger partial charge in [0.25, 0.3) is 5.91 Å². The first-order valence-corrected chi connectivity index (χ1v) is 6.65. The molecule has 20 heavy (non-hydrogen) atoms. The Morgan fingerprint density at radius 2 is 2.00 bits per heavy atom. The van der Waals surface area contributed by atoms with Crippen molar-refractivity contribution in [2.75, 3.05) is 7.11 Å². The zero-order chi connectivity index (χ0) is 14.8. The number of carbonyl (C=O) groups is 2. The molecule has 108 valence electrons. The SMILES string of the molecule is COc1ccc(C(=O)NC2CCCC2(C)C(=O)O)cc1. The Hall–Kier alpha value is -2.04. The predicted molar refractivity (Wildman–Crippen MR) is 73.8 cm³/mol. The molecule has 0 bridgehead atoms. The zero-order valence-corrected chi connectivity index (χ0v) is 11.7. The number of hydrogen-bond donors (Lipinski definition) is 2. The van der Waals surface area contributed by atoms with Gasteiger partial charge in [-0.1, -0.05) is 6.42 Å². The lowest BCUT2D eigenvalue weighted by Crippen LogP contribution is -2.47. The third kappa shape index (κ3) is 2.61. The van der Waals surface area contributed by atoms with E-state index in [4.69, 9.17) is 4.74 Å². The molecule has 1 fully saturated rings. The molecule has 1 aliphatic carbocycles. The fourth-order valence-corrected chi connectivity index (χ4v) is 2.64. The van der Waals surface area contributed by atoms with Crippen molar-refractivity contribution in [1.82, 2.24) is 5.32 Å². The summed E-state index contributed by atoms with van der Waals surface area (Å²) in [5.41, 5.74) is -0.368. The van der Waals surface area contributed by atoms with Gasteiger partial charge < -0.3 is 15.2 Å². The Morgan fingerprint density at radius 1 is 1.35 bits per heavy atom. The summed E-state index contributed by atoms with van der Waals surface area (Å²) in [6.45, 7) is 1.70. The lowest BCUT2D eigenvalue weighted by molar-refractivity contribution is -0.148. The number of ether oxygens (including phenoxy) is 1. The van der Waals surface area contributed by atoms with Crippen molar-refractivity contribution < 1.29 is 19.4 Å². The minimum absolute atomic E-state index is 0.243. The predicted octanol–water partition coefficient (Wildman–Crippen LogP) is 2.07. The van der Waals surface area contributed by atoms with E-state index in [1.54, 1.807) is 38.3 Å². The highest BCUT2D eigenvalue weighted by Gasteiger charge is 2.45. The first-order chi connectivity index (χ1) is 9.47. The normalized spacial score (nSPS) is 25.2. The number of nitrogens with one attached hydrogen (secondary N) is 1. The van der Waals surface area contributed by atoms with Crippen LogP contribution in [0.2, 0.25) is 0 Å². The number of aliphatic carboxylic acids is 1. The summed E-state index contributed by atoms with van der Waals surface area (Å²) in [5.74, 6) is -0.417. The fourth-order valence-electron chi connectivity index (χ4n) is 2.64. The molecule has 1 aromatic rings. The third-order valence-corrected chi connectivity index (χ3v) is 4.10. The van der Waals surface area contributed by atoms with Gasteiger partial charge in [0.1, 0.15) is 5.75 Å². The van der Waals surface area contributed by atoms with E-state index in [-0.39, 0.29) is 11.9 Å². The van der Waals surface area contributed by atoms with Crippen molar-refractivity contribution in [3.05, 3.63) is 29.8 Å². The summed E-state index contributed by atoms with van der Waals surface area (Å²) in [6.07, 6.45) is 2.11. The highest BCUT2D eigenvalue weighted by molar-refractivity contribution is 5.95. The zero-order valence-electron chi connectivity index (χ0n) is 11.7. The average Bonchev–Trinajstić information content (AvgIpc) is 2.81. The molecular weight excluding hydrogens is 258 g/mol. The van der Waals surface area contributed by atoms with E-state index in [2.05, 4.69) is 5.32 Å². The number of carboxylic acids is 1. The number of carbonyl (C=O) groups excluding carboxylic acids is 1. The maximum absolute atomic E-state index is 12.2. The van der Waals surface area contributed by atoms with Gasteiger partial charge in [-0.2, -0.15) is 0 Å². The molecule has 2 atom stereocenters. The minimum Gasteiger partial charge on any atom is -0.497 e. The molecule has 5 nitrogen and oxygen atoms in total. The highest BCUT2D eigenvalue weighted by atomic mass is 16.5. The third-order valence-electron chi connectivity index (χ3n) is 4.10. The van der Waals surface area contributed by atoms with Crippen LogP contribution >= 0.6 is 0 Å². The summed E-state index contributed by atoms with van der Waals surface area (Å²) in [7, 11) is 1.56. The van der Waals surface area contributed by atoms with E-state index in [1.807, 2.05) is 0 Å². The van der Waals surface area contributed by atoms with Gasteiger partial charge in [0.15, 0.2) is 0 Å². The quantitative estimate of drug-likeness (QED) is 0.883. The van der Waals surface area contributed by atoms with E-state index >= 15 is 0 Å². The first kappa shape index (κ1) is 14.4. The van der Waals surface area contributed by atoms with Crippen molar-refractivity contribution in [1.29, 1.82) is 0 Å². The molecule has 2 unspecified atom stereocenters. The van der Waals surface area contributed by atoms with E-state index in [9.17, 15) is 14.7 Å². The van der Waals surface area contributed by atoms with Crippen molar-refractivity contribution in [2.24, 2.45) is 5.41 Å². The van der Waals surface area contributed by atoms with Crippen molar-refractivity contribution >= 4 is 11.9 Å². The molecule has 0 radical (unpaired) electrons. The Balaban J connectivity index is 2.09. The summed E-state index contributed by atoms with van der Waals surface area (Å²) < 4.78 is 5.04. The van der Waals surface area contributed by atoms with Gasteiger partial charge in [0.05, 0.1) is 12.5 Å². The molecule has 1 saturated carbocycles. The molecule has 2 N–H and O–H groups in total. The van der Waals surface area contributed by atoms with Crippen LogP contribution in [0, 0.1) is 5.41 Å². The van der Waals surface area contributed by atoms with E-state index in [0.29, 0.717) is 24.2 Å². The van der Waals surface area contributed by atoms with Crippen LogP contribution in [0.25, 0.3) is 0 Å². The average molecular weight is 277 g/mol. The number of benzene rings is 1. The molecule has 2 rings (SSSR count). The Kier molecular flexibility index (Phi) is 3.97. The van der Waals surface area contributed by atoms with E-state index in [1.165, 1.54) is 0 Å². The van der Waals surface area contributed by atoms with Gasteiger partial charge in [-0.05, 0) is 44.0 Å². The molecular formula is C15H19NO4. The van der Waals surface area contributed by atoms with Gasteiger partial charge in [0, 0.05) is 11.6 Å². The number of rotatable bonds is 4. The van der Waals surface area contributed by atoms with Gasteiger partial charge >= 0.3 is 5.97 Å². The summed E-state index contributed by atoms with van der Waals surface area (Å²) in [4.78, 5) is 23.5. The molecule has 0 spiro atoms. The molecule has 1 amide bonds. The van der Waals surface area contributed by atoms with Gasteiger partial charge in [-0.25, -0.2) is 0 Å². The molecule has 5 heteroatoms. The van der Waals surface area contributed by atoms with Crippen molar-refractivity contribution in [3.8, 4) is 5.75 Å². The summed E-state index contributed by atoms with van der Waals surface area (Å²) in [5, 5.41) is 12.2. The molecule has 0 heterocycles. The first-order valence-electron chi connectivity index (χ1n) is 6.65. The lowest BCUT2D eigenvalue weighted by atomic mass is 9.85. The molecule has 1 aromatic carbocycles. The second-order valence-electron chi connectivity index (χ2n) is 5.37. The van der Waals surface area contributed by atoms with Crippen LogP contribution < -0.4 is 10.1 Å². The van der Waals surface area contributed by atoms with E-state index < -0.39 is 11.4 Å². The Bertz CT molecular complexity index is 511. The second-order valence-corrected chi connectivity index (χ2v) is 5.37. The van der Waals surface area contributed by atoms with Gasteiger partial charge in [0.2, 0.25) is 0 Å². The monoisotopic (exact) mass is 277 g/mol. The van der Waals surface area contributed by atoms with E-state index in [0.717, 1.165) is 6.42 Å². The minimum atomic E-state index is -0.873. The summed E-state index contributed by atoms with van der Waals surface area (Å²) in [6, 6.07) is 6.43. The Labute approximate surface area is 117 Å². The van der Waals surface area contributed by atoms with Crippen LogP contribution in [-0.2, 0) is 4.79 Å². The van der Waals surface area contributed by atoms with Crippen LogP contribution in [0.5, 0.6) is 5.75 Å². The molecule has 0 aromatic heterocycles. The van der Waals surface area contributed by atoms with Crippen LogP contribution in [0.4, 0.5) is 0 Å². The van der Waals surface area contributed by atoms with Crippen LogP contribution in [0.3, 0.4) is 0 Å². The Morgan fingerprint density at radius 3 is 2.55 bits per heavy atom. The topological polar surface area (TPSA) is 75.6 Å². The number of amides is 1. The summed E-state index contributed by atoms with van der Waals surface area (Å²) >= 11 is 0. The van der Waals surface area contributed by atoms with Crippen LogP contribution in [0.15, 0.2) is 24.3 Å². The smallest absolute Gasteiger partial charge is 0.311 e. The second kappa shape index (κ2) is 5.53. The number of carboxylic acid groups (broad SMARTS) is 1. The largest absolute Gasteiger partial charge is 0.497 e. The number of hydrogen-bond acceptors (Lipinski definition) is 3. The molecule has 1 aliphatic rings. The highest BCUT2D eigenvalue weighted by Crippen LogP contribution is 2.38. The lowest BCUT2D eigenvalue weighted by Gasteiger charge is -2.27. The molecule has 0 saturated heterocycles. The maximum Gasteiger partial charge on any atom is 0.311 e. The number of methoxy groups -OCH3 is 1. The standard InChI is InChI=1S/C15H19NO4/c1-15(14(18)19)9-3-4-12(15)16-13(17)10-5-7-11(20-2)8-6-10/h5-8,12H,3-4,9H2,1-2H3,(H,16,17)(H,18,19). The maximum atomic E-state index is 12.2. The van der Waals surface area contributed by atoms with Crippen molar-refractivity contribution in [2.45, 2.75) is 32.2 Å². The van der Waals surface area contributed by atoms with Crippen LogP contribution in [0.1, 0.15) is 36.5 Å². The van der Waals surface area contributed by atoms with Crippen molar-refractivity contribution in [3.63, 3.8) is 0 Å².